The second-order valence-corrected chi connectivity index (χ2v) is 28.9. The van der Waals surface area contributed by atoms with Gasteiger partial charge < -0.3 is 80.2 Å². The van der Waals surface area contributed by atoms with Gasteiger partial charge in [-0.2, -0.15) is 0 Å². The molecule has 9 N–H and O–H groups in total. The zero-order valence-corrected chi connectivity index (χ0v) is 58.7. The van der Waals surface area contributed by atoms with Gasteiger partial charge in [-0.3, -0.25) is 24.0 Å². The molecule has 5 amide bonds. The highest BCUT2D eigenvalue weighted by Gasteiger charge is 2.50. The van der Waals surface area contributed by atoms with E-state index in [1.807, 2.05) is 4.90 Å². The van der Waals surface area contributed by atoms with E-state index in [1.165, 1.54) is 60.7 Å². The number of thiazole rings is 5. The highest BCUT2D eigenvalue weighted by atomic mass is 32.1. The Balaban J connectivity index is 0.951. The molecule has 526 valence electrons. The summed E-state index contributed by atoms with van der Waals surface area (Å²) in [6, 6.07) is 7.23. The number of cyclic esters (lactones) is 2. The van der Waals surface area contributed by atoms with Crippen molar-refractivity contribution in [1.82, 2.24) is 66.4 Å². The Bertz CT molecular complexity index is 4750. The minimum atomic E-state index is -1.85. The van der Waals surface area contributed by atoms with E-state index in [2.05, 4.69) is 46.5 Å². The number of aliphatic hydroxyl groups excluding tert-OH is 1. The number of hydrogen-bond acceptors (Lipinski definition) is 28. The normalized spacial score (nSPS) is 23.7. The van der Waals surface area contributed by atoms with Crippen LogP contribution in [0.15, 0.2) is 81.2 Å². The zero-order chi connectivity index (χ0) is 71.3. The number of benzene rings is 2. The van der Waals surface area contributed by atoms with Gasteiger partial charge in [0.2, 0.25) is 5.91 Å². The van der Waals surface area contributed by atoms with E-state index in [4.69, 9.17) is 43.4 Å². The van der Waals surface area contributed by atoms with Crippen LogP contribution in [0, 0.1) is 5.82 Å². The summed E-state index contributed by atoms with van der Waals surface area (Å²) in [7, 11) is 4.89. The monoisotopic (exact) mass is 1470 g/mol. The van der Waals surface area contributed by atoms with Crippen molar-refractivity contribution in [1.29, 1.82) is 0 Å². The fraction of sp³-hybridized carbons (Fsp3) is 0.348. The number of halogens is 1. The van der Waals surface area contributed by atoms with Crippen LogP contribution in [-0.2, 0) is 57.6 Å². The molecule has 35 heteroatoms. The standard InChI is InChI=1S/C66H64FN13O16S5/c1-27(81)45-58(87)78-46(28(2)91-7)61-74-41(26-99-61)57(86)79-50-51-52(96-43-18-66(4,90)53(80(5)6)29(3)95-43)65(89)93-19-31-9-8-10-35-44(31)34(20-92-51)48(69-35)64(88)94-21-36(70-55(84)39-25-101-63(50)75-39)60-71-37(22-98-60)47-33(59-72-40(24-97-59)56(85)77-45)17-42(82)49(76-47)62-73-38(23-100-62)54(83)68-16-15-30-11-13-32(67)14-12-30/h8-14,17,22-27,29,36,43,45,50-53,69,81-82,90H,15-16,18-21H2,1-7H3,(H,68,83)(H,70,84)(H,77,85)(H,78,87)(H,79,86)/b46-28+. The lowest BCUT2D eigenvalue weighted by Gasteiger charge is -2.48. The van der Waals surface area contributed by atoms with Gasteiger partial charge in [-0.1, -0.05) is 24.3 Å². The van der Waals surface area contributed by atoms with E-state index in [1.54, 1.807) is 63.7 Å². The molecule has 0 radical (unpaired) electrons. The Labute approximate surface area is 593 Å². The molecule has 0 saturated carbocycles. The van der Waals surface area contributed by atoms with E-state index in [0.29, 0.717) is 22.9 Å². The van der Waals surface area contributed by atoms with Gasteiger partial charge in [-0.15, -0.1) is 56.7 Å². The lowest BCUT2D eigenvalue weighted by atomic mass is 9.85. The Morgan fingerprint density at radius 1 is 0.822 bits per heavy atom. The van der Waals surface area contributed by atoms with Crippen molar-refractivity contribution in [3.05, 3.63) is 147 Å². The molecular formula is C66H64FN13O16S5. The number of pyridine rings is 1. The number of ether oxygens (including phenoxy) is 6. The molecule has 10 atom stereocenters. The molecule has 9 aromatic rings. The predicted molar refractivity (Wildman–Crippen MR) is 366 cm³/mol. The topological polar surface area (TPSA) is 392 Å². The van der Waals surface area contributed by atoms with Crippen LogP contribution in [0.1, 0.15) is 130 Å². The van der Waals surface area contributed by atoms with Gasteiger partial charge in [0.15, 0.2) is 12.4 Å². The van der Waals surface area contributed by atoms with Gasteiger partial charge in [-0.05, 0) is 83.6 Å². The first kappa shape index (κ1) is 70.1. The fourth-order valence-electron chi connectivity index (χ4n) is 12.4. The number of hydrogen-bond donors (Lipinski definition) is 9. The maximum atomic E-state index is 15.2. The molecule has 1 fully saturated rings. The summed E-state index contributed by atoms with van der Waals surface area (Å²) in [6.45, 7) is 4.90. The van der Waals surface area contributed by atoms with Crippen molar-refractivity contribution in [2.45, 2.75) is 114 Å². The number of aliphatic hydroxyl groups is 2. The average Bonchev–Trinajstić information content (AvgIpc) is 1.63. The van der Waals surface area contributed by atoms with Crippen molar-refractivity contribution in [3.8, 4) is 38.4 Å². The molecule has 11 heterocycles. The maximum absolute atomic E-state index is 15.2. The Morgan fingerprint density at radius 3 is 2.25 bits per heavy atom. The number of fused-ring (bicyclic) bond motifs is 15. The van der Waals surface area contributed by atoms with Crippen LogP contribution in [0.25, 0.3) is 49.3 Å². The summed E-state index contributed by atoms with van der Waals surface area (Å²) in [5.41, 5.74) is -0.283. The van der Waals surface area contributed by atoms with Crippen molar-refractivity contribution < 1.29 is 81.7 Å². The largest absolute Gasteiger partial charge is 0.506 e. The minimum absolute atomic E-state index is 0.00189. The molecule has 2 aromatic carbocycles. The number of rotatable bonds is 10. The Kier molecular flexibility index (Phi) is 20.1. The summed E-state index contributed by atoms with van der Waals surface area (Å²) in [4.78, 5) is 136. The van der Waals surface area contributed by atoms with E-state index in [9.17, 15) is 34.1 Å². The third-order valence-electron chi connectivity index (χ3n) is 17.2. The second-order valence-electron chi connectivity index (χ2n) is 24.5. The van der Waals surface area contributed by atoms with E-state index < -0.39 is 127 Å². The number of aromatic nitrogens is 7. The first-order valence-electron chi connectivity index (χ1n) is 31.4. The summed E-state index contributed by atoms with van der Waals surface area (Å²) in [5, 5.41) is 57.0. The lowest BCUT2D eigenvalue weighted by molar-refractivity contribution is -0.280. The number of likely N-dealkylation sites (N-methyl/N-ethyl adjacent to an activating group) is 1. The van der Waals surface area contributed by atoms with Gasteiger partial charge in [0.1, 0.15) is 131 Å². The second kappa shape index (κ2) is 28.9. The quantitative estimate of drug-likeness (QED) is 0.0516. The van der Waals surface area contributed by atoms with Gasteiger partial charge in [0.05, 0.1) is 37.6 Å². The number of carbonyl (C=O) groups is 7. The summed E-state index contributed by atoms with van der Waals surface area (Å²) < 4.78 is 51.5. The highest BCUT2D eigenvalue weighted by molar-refractivity contribution is 7.14. The van der Waals surface area contributed by atoms with Gasteiger partial charge in [0, 0.05) is 61.9 Å². The Hall–Kier alpha value is -9.40. The van der Waals surface area contributed by atoms with E-state index in [-0.39, 0.29) is 113 Å². The number of nitrogens with one attached hydrogen (secondary N) is 6. The van der Waals surface area contributed by atoms with Crippen LogP contribution in [0.5, 0.6) is 5.75 Å². The lowest BCUT2D eigenvalue weighted by Crippen LogP contribution is -2.62. The smallest absolute Gasteiger partial charge is 0.355 e. The third-order valence-corrected chi connectivity index (χ3v) is 21.7. The van der Waals surface area contributed by atoms with Crippen LogP contribution < -0.4 is 26.6 Å². The van der Waals surface area contributed by atoms with Crippen molar-refractivity contribution >= 4 is 115 Å². The maximum Gasteiger partial charge on any atom is 0.355 e. The molecule has 10 unspecified atom stereocenters. The van der Waals surface area contributed by atoms with Gasteiger partial charge in [0.25, 0.3) is 23.6 Å². The highest BCUT2D eigenvalue weighted by Crippen LogP contribution is 2.43. The minimum Gasteiger partial charge on any atom is -0.506 e. The number of esters is 2. The summed E-state index contributed by atoms with van der Waals surface area (Å²) in [6.07, 6.45) is -6.88. The molecule has 4 aliphatic rings. The van der Waals surface area contributed by atoms with Gasteiger partial charge in [-0.25, -0.2) is 43.9 Å². The van der Waals surface area contributed by atoms with E-state index in [0.717, 1.165) is 62.2 Å². The SMILES string of the molecule is CO/C(C)=C1/NC(=O)C(C(C)O)NC(=O)c2csc(n2)-c2cc(O)c(-c3nc(C(=O)NCCc4ccc(F)cc4)cs3)nc2-c2csc(n2)C2COC(=O)c3[nH]c4cccc5c4c3COC(C(OC3CC(C)(O)C(N(C)C)C(C)O3)C(=O)OC5)C(NC(=O)c3csc1n3)c1nc(cs1)C(=O)N2. The number of allylic oxidation sites excluding steroid dienone is 1. The zero-order valence-electron chi connectivity index (χ0n) is 54.6. The third kappa shape index (κ3) is 14.5. The van der Waals surface area contributed by atoms with Crippen LogP contribution in [0.2, 0.25) is 0 Å². The first-order valence-corrected chi connectivity index (χ1v) is 35.8. The number of nitrogens with zero attached hydrogens (tertiary/aromatic N) is 7. The average molecular weight is 1470 g/mol. The molecule has 0 aliphatic carbocycles. The number of amides is 5. The first-order chi connectivity index (χ1) is 48.4. The summed E-state index contributed by atoms with van der Waals surface area (Å²) >= 11 is 4.76. The molecule has 29 nitrogen and oxygen atoms in total. The molecule has 0 spiro atoms. The summed E-state index contributed by atoms with van der Waals surface area (Å²) in [5.74, 6) is -6.80. The van der Waals surface area contributed by atoms with Crippen LogP contribution in [-0.4, -0.2) is 179 Å². The fourth-order valence-corrected chi connectivity index (χ4v) is 16.6. The van der Waals surface area contributed by atoms with Crippen molar-refractivity contribution in [2.75, 3.05) is 34.4 Å². The molecular weight excluding hydrogens is 1410 g/mol. The number of methoxy groups -OCH3 is 1. The number of H-pyrrole nitrogens is 1. The molecule has 7 aromatic heterocycles. The van der Waals surface area contributed by atoms with Gasteiger partial charge >= 0.3 is 11.9 Å². The molecule has 1 saturated heterocycles. The van der Waals surface area contributed by atoms with Crippen LogP contribution in [0.3, 0.4) is 0 Å². The number of aromatic hydroxyl groups is 1. The number of aromatic amines is 1. The number of carbonyl (C=O) groups excluding carboxylic acids is 7. The molecule has 101 heavy (non-hydrogen) atoms. The molecule has 4 aliphatic heterocycles. The van der Waals surface area contributed by atoms with Crippen LogP contribution in [0.4, 0.5) is 4.39 Å². The predicted octanol–water partition coefficient (Wildman–Crippen LogP) is 6.56. The molecule has 13 rings (SSSR count). The van der Waals surface area contributed by atoms with Crippen molar-refractivity contribution in [3.63, 3.8) is 0 Å². The van der Waals surface area contributed by atoms with E-state index >= 15 is 19.2 Å². The van der Waals surface area contributed by atoms with Crippen LogP contribution >= 0.6 is 56.7 Å². The Morgan fingerprint density at radius 2 is 1.50 bits per heavy atom. The molecule has 12 bridgehead atoms. The van der Waals surface area contributed by atoms with Crippen molar-refractivity contribution in [2.24, 2.45) is 0 Å².